The summed E-state index contributed by atoms with van der Waals surface area (Å²) in [6, 6.07) is 0. The van der Waals surface area contributed by atoms with Crippen molar-refractivity contribution in [3.05, 3.63) is 0 Å². The highest BCUT2D eigenvalue weighted by Crippen LogP contribution is 2.55. The minimum absolute atomic E-state index is 0.688. The maximum Gasteiger partial charge on any atom is -0.00181 e. The minimum Gasteiger partial charge on any atom is -0.319 e. The van der Waals surface area contributed by atoms with Crippen molar-refractivity contribution < 1.29 is 0 Å². The molecular weight excluding hydrogens is 146 g/mol. The third kappa shape index (κ3) is 2.48. The largest absolute Gasteiger partial charge is 0.319 e. The highest BCUT2D eigenvalue weighted by molar-refractivity contribution is 4.99. The molecule has 0 aromatic heterocycles. The van der Waals surface area contributed by atoms with Gasteiger partial charge in [0, 0.05) is 0 Å². The fraction of sp³-hybridized carbons (Fsp3) is 1.00. The molecule has 0 bridgehead atoms. The Hall–Kier alpha value is -0.0400. The molecule has 1 rings (SSSR count). The first-order valence-corrected chi connectivity index (χ1v) is 5.23. The third-order valence-corrected chi connectivity index (χ3v) is 3.28. The van der Waals surface area contributed by atoms with E-state index in [9.17, 15) is 0 Å². The van der Waals surface area contributed by atoms with E-state index in [4.69, 9.17) is 0 Å². The van der Waals surface area contributed by atoms with Gasteiger partial charge in [0.1, 0.15) is 0 Å². The molecule has 1 saturated carbocycles. The van der Waals surface area contributed by atoms with Crippen molar-refractivity contribution >= 4 is 0 Å². The summed E-state index contributed by atoms with van der Waals surface area (Å²) in [6.45, 7) is 8.30. The van der Waals surface area contributed by atoms with E-state index >= 15 is 0 Å². The van der Waals surface area contributed by atoms with Gasteiger partial charge in [-0.3, -0.25) is 0 Å². The van der Waals surface area contributed by atoms with E-state index in [0.29, 0.717) is 5.41 Å². The summed E-state index contributed by atoms with van der Waals surface area (Å²) < 4.78 is 0. The van der Waals surface area contributed by atoms with Crippen LogP contribution in [0.15, 0.2) is 0 Å². The Morgan fingerprint density at radius 1 is 1.50 bits per heavy atom. The Labute approximate surface area is 76.9 Å². The van der Waals surface area contributed by atoms with Crippen LogP contribution in [0.2, 0.25) is 0 Å². The van der Waals surface area contributed by atoms with Gasteiger partial charge in [-0.1, -0.05) is 27.2 Å². The van der Waals surface area contributed by atoms with E-state index in [1.807, 2.05) is 0 Å². The highest BCUT2D eigenvalue weighted by Gasteiger charge is 2.48. The van der Waals surface area contributed by atoms with Crippen molar-refractivity contribution in [1.82, 2.24) is 5.32 Å². The summed E-state index contributed by atoms with van der Waals surface area (Å²) in [5.41, 5.74) is 0.688. The maximum atomic E-state index is 3.27. The van der Waals surface area contributed by atoms with Crippen molar-refractivity contribution in [3.8, 4) is 0 Å². The first kappa shape index (κ1) is 10.0. The topological polar surface area (TPSA) is 12.0 Å². The van der Waals surface area contributed by atoms with Gasteiger partial charge in [-0.05, 0) is 43.7 Å². The summed E-state index contributed by atoms with van der Waals surface area (Å²) in [6.07, 6.45) is 4.27. The lowest BCUT2D eigenvalue weighted by Gasteiger charge is -2.12. The molecule has 1 aliphatic carbocycles. The minimum atomic E-state index is 0.688. The smallest absolute Gasteiger partial charge is 0.00181 e. The maximum absolute atomic E-state index is 3.27. The predicted octanol–water partition coefficient (Wildman–Crippen LogP) is 2.67. The highest BCUT2D eigenvalue weighted by atomic mass is 14.8. The van der Waals surface area contributed by atoms with E-state index in [-0.39, 0.29) is 0 Å². The van der Waals surface area contributed by atoms with E-state index < -0.39 is 0 Å². The Kier molecular flexibility index (Phi) is 3.16. The molecule has 0 saturated heterocycles. The molecule has 0 aromatic carbocycles. The van der Waals surface area contributed by atoms with Gasteiger partial charge < -0.3 is 5.32 Å². The molecule has 1 nitrogen and oxygen atoms in total. The molecule has 0 aliphatic heterocycles. The van der Waals surface area contributed by atoms with Gasteiger partial charge in [0.2, 0.25) is 0 Å². The molecule has 0 radical (unpaired) electrons. The van der Waals surface area contributed by atoms with Crippen molar-refractivity contribution in [3.63, 3.8) is 0 Å². The molecule has 1 fully saturated rings. The van der Waals surface area contributed by atoms with Gasteiger partial charge in [0.15, 0.2) is 0 Å². The number of nitrogens with one attached hydrogen (secondary N) is 1. The molecule has 0 spiro atoms. The molecule has 2 unspecified atom stereocenters. The van der Waals surface area contributed by atoms with Crippen LogP contribution >= 0.6 is 0 Å². The normalized spacial score (nSPS) is 34.2. The first-order chi connectivity index (χ1) is 5.58. The van der Waals surface area contributed by atoms with Crippen LogP contribution in [-0.4, -0.2) is 13.6 Å². The van der Waals surface area contributed by atoms with Crippen LogP contribution in [-0.2, 0) is 0 Å². The molecule has 1 heteroatoms. The average molecular weight is 169 g/mol. The summed E-state index contributed by atoms with van der Waals surface area (Å²) in [5.74, 6) is 1.83. The van der Waals surface area contributed by atoms with Crippen molar-refractivity contribution in [2.24, 2.45) is 17.3 Å². The van der Waals surface area contributed by atoms with Crippen molar-refractivity contribution in [2.45, 2.75) is 40.0 Å². The quantitative estimate of drug-likeness (QED) is 0.667. The van der Waals surface area contributed by atoms with Crippen LogP contribution in [0.3, 0.4) is 0 Å². The molecule has 2 atom stereocenters. The molecule has 0 amide bonds. The van der Waals surface area contributed by atoms with Crippen LogP contribution < -0.4 is 5.32 Å². The Morgan fingerprint density at radius 3 is 2.67 bits per heavy atom. The fourth-order valence-electron chi connectivity index (χ4n) is 1.99. The van der Waals surface area contributed by atoms with Crippen LogP contribution in [0.25, 0.3) is 0 Å². The van der Waals surface area contributed by atoms with Gasteiger partial charge >= 0.3 is 0 Å². The standard InChI is InChI=1S/C11H23N/c1-9(2)5-6-11(3)7-10(11)8-12-4/h9-10,12H,5-8H2,1-4H3. The molecular formula is C11H23N. The van der Waals surface area contributed by atoms with Crippen LogP contribution in [0.5, 0.6) is 0 Å². The van der Waals surface area contributed by atoms with Gasteiger partial charge in [0.25, 0.3) is 0 Å². The number of hydrogen-bond donors (Lipinski definition) is 1. The number of rotatable bonds is 5. The molecule has 1 N–H and O–H groups in total. The van der Waals surface area contributed by atoms with Gasteiger partial charge in [-0.2, -0.15) is 0 Å². The van der Waals surface area contributed by atoms with Crippen LogP contribution in [0.1, 0.15) is 40.0 Å². The van der Waals surface area contributed by atoms with Gasteiger partial charge in [-0.15, -0.1) is 0 Å². The first-order valence-electron chi connectivity index (χ1n) is 5.23. The molecule has 12 heavy (non-hydrogen) atoms. The van der Waals surface area contributed by atoms with Crippen LogP contribution in [0, 0.1) is 17.3 Å². The van der Waals surface area contributed by atoms with Crippen molar-refractivity contribution in [1.29, 1.82) is 0 Å². The SMILES string of the molecule is CNCC1CC1(C)CCC(C)C. The van der Waals surface area contributed by atoms with Gasteiger partial charge in [-0.25, -0.2) is 0 Å². The lowest BCUT2D eigenvalue weighted by molar-refractivity contribution is 0.399. The van der Waals surface area contributed by atoms with Crippen molar-refractivity contribution in [2.75, 3.05) is 13.6 Å². The summed E-state index contributed by atoms with van der Waals surface area (Å²) in [4.78, 5) is 0. The zero-order valence-corrected chi connectivity index (χ0v) is 8.98. The number of hydrogen-bond acceptors (Lipinski definition) is 1. The molecule has 1 aliphatic rings. The predicted molar refractivity (Wildman–Crippen MR) is 54.2 cm³/mol. The van der Waals surface area contributed by atoms with Gasteiger partial charge in [0.05, 0.1) is 0 Å². The second-order valence-corrected chi connectivity index (χ2v) is 5.05. The monoisotopic (exact) mass is 169 g/mol. The third-order valence-electron chi connectivity index (χ3n) is 3.28. The Morgan fingerprint density at radius 2 is 2.17 bits per heavy atom. The van der Waals surface area contributed by atoms with Crippen LogP contribution in [0.4, 0.5) is 0 Å². The Bertz CT molecular complexity index is 142. The van der Waals surface area contributed by atoms with E-state index in [1.54, 1.807) is 0 Å². The lowest BCUT2D eigenvalue weighted by Crippen LogP contribution is -2.13. The summed E-state index contributed by atoms with van der Waals surface area (Å²) in [5, 5.41) is 3.27. The average Bonchev–Trinajstić information content (AvgIpc) is 2.60. The molecule has 0 aromatic rings. The lowest BCUT2D eigenvalue weighted by atomic mass is 9.95. The second-order valence-electron chi connectivity index (χ2n) is 5.05. The summed E-state index contributed by atoms with van der Waals surface area (Å²) >= 11 is 0. The fourth-order valence-corrected chi connectivity index (χ4v) is 1.99. The zero-order chi connectivity index (χ0) is 9.19. The van der Waals surface area contributed by atoms with E-state index in [2.05, 4.69) is 33.1 Å². The molecule has 72 valence electrons. The van der Waals surface area contributed by atoms with E-state index in [0.717, 1.165) is 11.8 Å². The molecule has 0 heterocycles. The second kappa shape index (κ2) is 3.78. The zero-order valence-electron chi connectivity index (χ0n) is 8.98. The summed E-state index contributed by atoms with van der Waals surface area (Å²) in [7, 11) is 2.06. The van der Waals surface area contributed by atoms with E-state index in [1.165, 1.54) is 25.8 Å². The Balaban J connectivity index is 2.16.